The van der Waals surface area contributed by atoms with Gasteiger partial charge in [-0.05, 0) is 18.3 Å². The van der Waals surface area contributed by atoms with Crippen molar-refractivity contribution >= 4 is 0 Å². The molecule has 0 aliphatic rings. The molecular formula is C9H17F3O2. The number of hydrogen-bond donors (Lipinski definition) is 1. The van der Waals surface area contributed by atoms with Crippen LogP contribution in [0.15, 0.2) is 0 Å². The number of rotatable bonds is 6. The summed E-state index contributed by atoms with van der Waals surface area (Å²) < 4.78 is 39.3. The minimum atomic E-state index is -4.24. The minimum Gasteiger partial charge on any atom is -0.396 e. The number of aliphatic hydroxyl groups is 1. The summed E-state index contributed by atoms with van der Waals surface area (Å²) in [4.78, 5) is 0. The van der Waals surface area contributed by atoms with Gasteiger partial charge in [-0.15, -0.1) is 0 Å². The molecular weight excluding hydrogens is 197 g/mol. The maximum Gasteiger partial charge on any atom is 0.411 e. The Kier molecular flexibility index (Phi) is 5.44. The SMILES string of the molecule is CC(C)(CO)CCCOCC(F)(F)F. The van der Waals surface area contributed by atoms with Crippen LogP contribution in [-0.4, -0.2) is 31.1 Å². The molecule has 0 rings (SSSR count). The lowest BCUT2D eigenvalue weighted by atomic mass is 9.89. The van der Waals surface area contributed by atoms with Crippen LogP contribution in [-0.2, 0) is 4.74 Å². The van der Waals surface area contributed by atoms with E-state index >= 15 is 0 Å². The van der Waals surface area contributed by atoms with Crippen LogP contribution in [0.5, 0.6) is 0 Å². The van der Waals surface area contributed by atoms with Gasteiger partial charge in [-0.25, -0.2) is 0 Å². The van der Waals surface area contributed by atoms with E-state index < -0.39 is 12.8 Å². The molecule has 0 aromatic carbocycles. The average molecular weight is 214 g/mol. The number of aliphatic hydroxyl groups excluding tert-OH is 1. The highest BCUT2D eigenvalue weighted by Gasteiger charge is 2.27. The first-order valence-corrected chi connectivity index (χ1v) is 4.52. The molecule has 0 saturated heterocycles. The fourth-order valence-corrected chi connectivity index (χ4v) is 0.920. The van der Waals surface area contributed by atoms with Crippen molar-refractivity contribution in [1.29, 1.82) is 0 Å². The molecule has 0 aliphatic heterocycles. The summed E-state index contributed by atoms with van der Waals surface area (Å²) in [5.41, 5.74) is -0.235. The van der Waals surface area contributed by atoms with Crippen LogP contribution < -0.4 is 0 Å². The fourth-order valence-electron chi connectivity index (χ4n) is 0.920. The van der Waals surface area contributed by atoms with E-state index in [1.807, 2.05) is 13.8 Å². The zero-order valence-electron chi connectivity index (χ0n) is 8.52. The number of alkyl halides is 3. The molecule has 1 N–H and O–H groups in total. The molecule has 86 valence electrons. The molecule has 0 saturated carbocycles. The average Bonchev–Trinajstić information content (AvgIpc) is 2.01. The summed E-state index contributed by atoms with van der Waals surface area (Å²) in [5.74, 6) is 0. The Morgan fingerprint density at radius 2 is 1.79 bits per heavy atom. The Morgan fingerprint density at radius 1 is 1.21 bits per heavy atom. The summed E-state index contributed by atoms with van der Waals surface area (Å²) in [6.07, 6.45) is -3.06. The smallest absolute Gasteiger partial charge is 0.396 e. The monoisotopic (exact) mass is 214 g/mol. The van der Waals surface area contributed by atoms with Crippen molar-refractivity contribution in [3.63, 3.8) is 0 Å². The standard InChI is InChI=1S/C9H17F3O2/c1-8(2,6-13)4-3-5-14-7-9(10,11)12/h13H,3-7H2,1-2H3. The Hall–Kier alpha value is -0.290. The van der Waals surface area contributed by atoms with Crippen LogP contribution in [0.4, 0.5) is 13.2 Å². The second kappa shape index (κ2) is 5.56. The van der Waals surface area contributed by atoms with Crippen LogP contribution in [0.25, 0.3) is 0 Å². The Labute approximate surface area is 82.1 Å². The third kappa shape index (κ3) is 8.31. The van der Waals surface area contributed by atoms with E-state index in [1.165, 1.54) is 0 Å². The van der Waals surface area contributed by atoms with Gasteiger partial charge in [-0.2, -0.15) is 13.2 Å². The molecule has 0 amide bonds. The summed E-state index contributed by atoms with van der Waals surface area (Å²) in [6.45, 7) is 2.65. The molecule has 0 bridgehead atoms. The summed E-state index contributed by atoms with van der Waals surface area (Å²) in [6, 6.07) is 0. The van der Waals surface area contributed by atoms with Crippen molar-refractivity contribution in [2.24, 2.45) is 5.41 Å². The highest BCUT2D eigenvalue weighted by Crippen LogP contribution is 2.21. The second-order valence-corrected chi connectivity index (χ2v) is 4.09. The zero-order valence-corrected chi connectivity index (χ0v) is 8.52. The van der Waals surface area contributed by atoms with Crippen molar-refractivity contribution in [3.8, 4) is 0 Å². The largest absolute Gasteiger partial charge is 0.411 e. The third-order valence-electron chi connectivity index (χ3n) is 1.84. The van der Waals surface area contributed by atoms with E-state index in [9.17, 15) is 13.2 Å². The van der Waals surface area contributed by atoms with Gasteiger partial charge in [0.05, 0.1) is 0 Å². The molecule has 0 aliphatic carbocycles. The van der Waals surface area contributed by atoms with E-state index in [4.69, 9.17) is 5.11 Å². The molecule has 0 unspecified atom stereocenters. The summed E-state index contributed by atoms with van der Waals surface area (Å²) in [5, 5.41) is 8.86. The molecule has 0 heterocycles. The molecule has 0 atom stereocenters. The lowest BCUT2D eigenvalue weighted by Gasteiger charge is -2.21. The van der Waals surface area contributed by atoms with Crippen molar-refractivity contribution in [2.45, 2.75) is 32.9 Å². The van der Waals surface area contributed by atoms with Crippen molar-refractivity contribution in [1.82, 2.24) is 0 Å². The first-order valence-electron chi connectivity index (χ1n) is 4.52. The normalized spacial score (nSPS) is 13.3. The van der Waals surface area contributed by atoms with E-state index in [2.05, 4.69) is 4.74 Å². The first-order chi connectivity index (χ1) is 6.27. The van der Waals surface area contributed by atoms with Crippen molar-refractivity contribution in [2.75, 3.05) is 19.8 Å². The Morgan fingerprint density at radius 3 is 2.21 bits per heavy atom. The quantitative estimate of drug-likeness (QED) is 0.688. The van der Waals surface area contributed by atoms with Gasteiger partial charge in [0, 0.05) is 13.2 Å². The van der Waals surface area contributed by atoms with Gasteiger partial charge in [0.15, 0.2) is 0 Å². The maximum atomic E-state index is 11.6. The fraction of sp³-hybridized carbons (Fsp3) is 1.00. The van der Waals surface area contributed by atoms with Crippen LogP contribution in [0.2, 0.25) is 0 Å². The van der Waals surface area contributed by atoms with Gasteiger partial charge in [0.1, 0.15) is 6.61 Å². The summed E-state index contributed by atoms with van der Waals surface area (Å²) >= 11 is 0. The van der Waals surface area contributed by atoms with E-state index in [0.29, 0.717) is 12.8 Å². The van der Waals surface area contributed by atoms with Gasteiger partial charge in [-0.3, -0.25) is 0 Å². The molecule has 0 aromatic heterocycles. The van der Waals surface area contributed by atoms with Crippen LogP contribution >= 0.6 is 0 Å². The molecule has 14 heavy (non-hydrogen) atoms. The molecule has 0 radical (unpaired) electrons. The Bertz CT molecular complexity index is 155. The lowest BCUT2D eigenvalue weighted by molar-refractivity contribution is -0.174. The van der Waals surface area contributed by atoms with E-state index in [-0.39, 0.29) is 18.6 Å². The predicted molar refractivity (Wildman–Crippen MR) is 47.0 cm³/mol. The summed E-state index contributed by atoms with van der Waals surface area (Å²) in [7, 11) is 0. The second-order valence-electron chi connectivity index (χ2n) is 4.09. The topological polar surface area (TPSA) is 29.5 Å². The third-order valence-corrected chi connectivity index (χ3v) is 1.84. The van der Waals surface area contributed by atoms with E-state index in [0.717, 1.165) is 0 Å². The molecule has 0 aromatic rings. The van der Waals surface area contributed by atoms with Gasteiger partial charge >= 0.3 is 6.18 Å². The molecule has 0 fully saturated rings. The highest BCUT2D eigenvalue weighted by atomic mass is 19.4. The van der Waals surface area contributed by atoms with Gasteiger partial charge in [-0.1, -0.05) is 13.8 Å². The van der Waals surface area contributed by atoms with Gasteiger partial charge in [0.25, 0.3) is 0 Å². The number of halogens is 3. The van der Waals surface area contributed by atoms with Crippen LogP contribution in [0, 0.1) is 5.41 Å². The van der Waals surface area contributed by atoms with Crippen molar-refractivity contribution in [3.05, 3.63) is 0 Å². The van der Waals surface area contributed by atoms with Gasteiger partial charge < -0.3 is 9.84 Å². The first kappa shape index (κ1) is 13.7. The Balaban J connectivity index is 3.39. The zero-order chi connectivity index (χ0) is 11.2. The van der Waals surface area contributed by atoms with Crippen LogP contribution in [0.1, 0.15) is 26.7 Å². The van der Waals surface area contributed by atoms with E-state index in [1.54, 1.807) is 0 Å². The lowest BCUT2D eigenvalue weighted by Crippen LogP contribution is -2.20. The minimum absolute atomic E-state index is 0.0340. The highest BCUT2D eigenvalue weighted by molar-refractivity contribution is 4.66. The van der Waals surface area contributed by atoms with Crippen LogP contribution in [0.3, 0.4) is 0 Å². The predicted octanol–water partition coefficient (Wildman–Crippen LogP) is 2.36. The number of hydrogen-bond acceptors (Lipinski definition) is 2. The maximum absolute atomic E-state index is 11.6. The van der Waals surface area contributed by atoms with Gasteiger partial charge in [0.2, 0.25) is 0 Å². The molecule has 5 heteroatoms. The molecule has 0 spiro atoms. The molecule has 2 nitrogen and oxygen atoms in total. The van der Waals surface area contributed by atoms with Crippen molar-refractivity contribution < 1.29 is 23.0 Å². The number of ether oxygens (including phenoxy) is 1.